The Balaban J connectivity index is 1.43. The lowest BCUT2D eigenvalue weighted by Gasteiger charge is -2.02. The summed E-state index contributed by atoms with van der Waals surface area (Å²) in [5.41, 5.74) is 5.60. The lowest BCUT2D eigenvalue weighted by atomic mass is 10.3. The lowest BCUT2D eigenvalue weighted by Crippen LogP contribution is -2.21. The van der Waals surface area contributed by atoms with Crippen molar-refractivity contribution in [1.82, 2.24) is 20.4 Å². The number of imidazole rings is 1. The minimum atomic E-state index is -0.286. The molecule has 31 heavy (non-hydrogen) atoms. The van der Waals surface area contributed by atoms with Crippen LogP contribution < -0.4 is 5.43 Å². The van der Waals surface area contributed by atoms with Crippen molar-refractivity contribution in [2.75, 3.05) is 5.75 Å². The topological polar surface area (TPSA) is 108 Å². The first-order valence-corrected chi connectivity index (χ1v) is 11.0. The van der Waals surface area contributed by atoms with Crippen LogP contribution in [0.25, 0.3) is 11.0 Å². The molecule has 10 heteroatoms. The number of nitrogens with one attached hydrogen (secondary N) is 2. The molecule has 2 aromatic heterocycles. The number of benzene rings is 2. The van der Waals surface area contributed by atoms with Crippen molar-refractivity contribution in [1.29, 1.82) is 0 Å². The fraction of sp³-hybridized carbons (Fsp3) is 0.0476. The molecule has 2 N–H and O–H groups in total. The Morgan fingerprint density at radius 2 is 1.94 bits per heavy atom. The minimum Gasteiger partial charge on any atom is -0.333 e. The molecule has 0 aliphatic heterocycles. The van der Waals surface area contributed by atoms with Crippen molar-refractivity contribution >= 4 is 56.2 Å². The second-order valence-corrected chi connectivity index (χ2v) is 8.12. The van der Waals surface area contributed by atoms with Gasteiger partial charge in [0.05, 0.1) is 22.5 Å². The summed E-state index contributed by atoms with van der Waals surface area (Å²) in [6.07, 6.45) is 3.25. The van der Waals surface area contributed by atoms with Crippen molar-refractivity contribution in [2.45, 2.75) is 5.16 Å². The average Bonchev–Trinajstić information content (AvgIpc) is 3.22. The van der Waals surface area contributed by atoms with Gasteiger partial charge in [-0.05, 0) is 48.5 Å². The Morgan fingerprint density at radius 1 is 1.10 bits per heavy atom. The molecule has 4 aromatic rings. The third-order valence-corrected chi connectivity index (χ3v) is 5.40. The highest BCUT2D eigenvalue weighted by atomic mass is 79.9. The average molecular weight is 494 g/mol. The summed E-state index contributed by atoms with van der Waals surface area (Å²) < 4.78 is 0.946. The van der Waals surface area contributed by atoms with E-state index >= 15 is 0 Å². The highest BCUT2D eigenvalue weighted by Gasteiger charge is 2.08. The predicted molar refractivity (Wildman–Crippen MR) is 124 cm³/mol. The van der Waals surface area contributed by atoms with Crippen LogP contribution in [0.3, 0.4) is 0 Å². The van der Waals surface area contributed by atoms with Crippen LogP contribution in [0.5, 0.6) is 0 Å². The van der Waals surface area contributed by atoms with Gasteiger partial charge in [0, 0.05) is 22.4 Å². The number of amidine groups is 1. The maximum atomic E-state index is 12.3. The van der Waals surface area contributed by atoms with Crippen molar-refractivity contribution in [3.05, 3.63) is 83.1 Å². The Labute approximate surface area is 190 Å². The standard InChI is InChI=1S/C21H16BrN7OS/c22-15-7-9-16(10-8-15)26-28-20(14-4-3-11-23-12-14)29-27-19(30)13-31-21-24-17-5-1-2-6-18(17)25-21/h1-12H,13H2,(H,24,25)(H,27,30)/b28-26?,29-20-. The molecule has 2 heterocycles. The van der Waals surface area contributed by atoms with Gasteiger partial charge >= 0.3 is 0 Å². The minimum absolute atomic E-state index is 0.146. The number of halogens is 1. The van der Waals surface area contributed by atoms with Gasteiger partial charge in [-0.15, -0.1) is 10.2 Å². The van der Waals surface area contributed by atoms with Gasteiger partial charge < -0.3 is 4.98 Å². The quantitative estimate of drug-likeness (QED) is 0.128. The zero-order chi connectivity index (χ0) is 21.5. The van der Waals surface area contributed by atoms with Gasteiger partial charge in [0.2, 0.25) is 5.84 Å². The van der Waals surface area contributed by atoms with Crippen LogP contribution >= 0.6 is 27.7 Å². The summed E-state index contributed by atoms with van der Waals surface area (Å²) >= 11 is 4.68. The van der Waals surface area contributed by atoms with Gasteiger partial charge in [0.25, 0.3) is 5.91 Å². The van der Waals surface area contributed by atoms with E-state index in [4.69, 9.17) is 0 Å². The smallest absolute Gasteiger partial charge is 0.250 e. The maximum absolute atomic E-state index is 12.3. The lowest BCUT2D eigenvalue weighted by molar-refractivity contribution is -0.118. The highest BCUT2D eigenvalue weighted by molar-refractivity contribution is 9.10. The van der Waals surface area contributed by atoms with E-state index in [1.807, 2.05) is 48.5 Å². The number of H-pyrrole nitrogens is 1. The zero-order valence-corrected chi connectivity index (χ0v) is 18.5. The van der Waals surface area contributed by atoms with Gasteiger partial charge in [-0.3, -0.25) is 9.78 Å². The predicted octanol–water partition coefficient (Wildman–Crippen LogP) is 5.07. The maximum Gasteiger partial charge on any atom is 0.250 e. The van der Waals surface area contributed by atoms with Crippen LogP contribution in [0.1, 0.15) is 5.56 Å². The Kier molecular flexibility index (Phi) is 6.80. The fourth-order valence-electron chi connectivity index (χ4n) is 2.53. The summed E-state index contributed by atoms with van der Waals surface area (Å²) in [5.74, 6) is 0.108. The number of azo groups is 1. The van der Waals surface area contributed by atoms with E-state index in [2.05, 4.69) is 51.6 Å². The molecule has 0 spiro atoms. The van der Waals surface area contributed by atoms with Gasteiger partial charge in [0.1, 0.15) is 0 Å². The number of hydrogen-bond donors (Lipinski definition) is 2. The first-order valence-electron chi connectivity index (χ1n) is 9.19. The first-order chi connectivity index (χ1) is 15.2. The summed E-state index contributed by atoms with van der Waals surface area (Å²) in [6, 6.07) is 18.6. The molecule has 1 amide bonds. The normalized spacial score (nSPS) is 11.8. The summed E-state index contributed by atoms with van der Waals surface area (Å²) in [7, 11) is 0. The number of carbonyl (C=O) groups is 1. The number of thioether (sulfide) groups is 1. The number of hydrogen-bond acceptors (Lipinski definition) is 6. The molecular weight excluding hydrogens is 478 g/mol. The molecule has 0 saturated carbocycles. The van der Waals surface area contributed by atoms with Gasteiger partial charge in [-0.1, -0.05) is 39.8 Å². The third kappa shape index (κ3) is 5.83. The van der Waals surface area contributed by atoms with Crippen LogP contribution in [0.2, 0.25) is 0 Å². The number of aromatic amines is 1. The van der Waals surface area contributed by atoms with Gasteiger partial charge in [0.15, 0.2) is 5.16 Å². The van der Waals surface area contributed by atoms with E-state index in [0.717, 1.165) is 15.5 Å². The molecule has 0 bridgehead atoms. The van der Waals surface area contributed by atoms with Crippen molar-refractivity contribution in [3.8, 4) is 0 Å². The van der Waals surface area contributed by atoms with Crippen LogP contribution in [-0.4, -0.2) is 32.4 Å². The number of aromatic nitrogens is 3. The van der Waals surface area contributed by atoms with Gasteiger partial charge in [-0.2, -0.15) is 5.10 Å². The summed E-state index contributed by atoms with van der Waals surface area (Å²) in [6.45, 7) is 0. The molecule has 0 aliphatic rings. The molecule has 0 atom stereocenters. The van der Waals surface area contributed by atoms with Crippen molar-refractivity contribution in [2.24, 2.45) is 15.3 Å². The number of fused-ring (bicyclic) bond motifs is 1. The second-order valence-electron chi connectivity index (χ2n) is 6.24. The van der Waals surface area contributed by atoms with E-state index in [-0.39, 0.29) is 17.5 Å². The monoisotopic (exact) mass is 493 g/mol. The Bertz CT molecular complexity index is 1210. The zero-order valence-electron chi connectivity index (χ0n) is 16.1. The van der Waals surface area contributed by atoms with Crippen LogP contribution in [-0.2, 0) is 4.79 Å². The van der Waals surface area contributed by atoms with Crippen LogP contribution in [0.15, 0.2) is 98.0 Å². The second kappa shape index (κ2) is 10.1. The molecule has 0 radical (unpaired) electrons. The molecule has 0 fully saturated rings. The number of amides is 1. The summed E-state index contributed by atoms with van der Waals surface area (Å²) in [5, 5.41) is 13.2. The summed E-state index contributed by atoms with van der Waals surface area (Å²) in [4.78, 5) is 24.0. The molecule has 8 nitrogen and oxygen atoms in total. The number of carbonyl (C=O) groups excluding carboxylic acids is 1. The molecule has 0 aliphatic carbocycles. The SMILES string of the molecule is O=C(CSc1nc2ccccc2[nH]1)N/N=C(\N=Nc1ccc(Br)cc1)c1cccnc1. The van der Waals surface area contributed by atoms with Crippen LogP contribution in [0, 0.1) is 0 Å². The molecule has 0 unspecified atom stereocenters. The van der Waals surface area contributed by atoms with Crippen molar-refractivity contribution < 1.29 is 4.79 Å². The molecular formula is C21H16BrN7OS. The molecule has 2 aromatic carbocycles. The molecule has 154 valence electrons. The number of para-hydroxylation sites is 2. The molecule has 0 saturated heterocycles. The highest BCUT2D eigenvalue weighted by Crippen LogP contribution is 2.19. The van der Waals surface area contributed by atoms with E-state index in [0.29, 0.717) is 16.4 Å². The third-order valence-electron chi connectivity index (χ3n) is 4.00. The van der Waals surface area contributed by atoms with E-state index in [9.17, 15) is 4.79 Å². The van der Waals surface area contributed by atoms with E-state index in [1.165, 1.54) is 11.8 Å². The number of rotatable bonds is 6. The van der Waals surface area contributed by atoms with Crippen molar-refractivity contribution in [3.63, 3.8) is 0 Å². The van der Waals surface area contributed by atoms with Crippen LogP contribution in [0.4, 0.5) is 5.69 Å². The number of nitrogens with zero attached hydrogens (tertiary/aromatic N) is 5. The largest absolute Gasteiger partial charge is 0.333 e. The number of hydrazone groups is 1. The molecule has 4 rings (SSSR count). The van der Waals surface area contributed by atoms with E-state index in [1.54, 1.807) is 24.5 Å². The number of pyridine rings is 1. The first kappa shape index (κ1) is 20.9. The fourth-order valence-corrected chi connectivity index (χ4v) is 3.47. The van der Waals surface area contributed by atoms with E-state index < -0.39 is 0 Å². The Hall–Kier alpha value is -3.37. The van der Waals surface area contributed by atoms with Gasteiger partial charge in [-0.25, -0.2) is 10.4 Å². The Morgan fingerprint density at radius 3 is 2.71 bits per heavy atom.